The van der Waals surface area contributed by atoms with Crippen molar-refractivity contribution >= 4 is 29.5 Å². The van der Waals surface area contributed by atoms with E-state index in [1.54, 1.807) is 16.7 Å². The van der Waals surface area contributed by atoms with Gasteiger partial charge in [-0.15, -0.1) is 0 Å². The van der Waals surface area contributed by atoms with Crippen LogP contribution in [0.25, 0.3) is 0 Å². The molecule has 4 aliphatic rings. The summed E-state index contributed by atoms with van der Waals surface area (Å²) in [5, 5.41) is 2.74. The van der Waals surface area contributed by atoms with Crippen molar-refractivity contribution in [1.82, 2.24) is 10.2 Å². The Morgan fingerprint density at radius 3 is 2.21 bits per heavy atom. The van der Waals surface area contributed by atoms with Gasteiger partial charge in [0.25, 0.3) is 0 Å². The van der Waals surface area contributed by atoms with E-state index >= 15 is 0 Å². The molecule has 4 fully saturated rings. The predicted molar refractivity (Wildman–Crippen MR) is 135 cm³/mol. The van der Waals surface area contributed by atoms with Crippen LogP contribution < -0.4 is 16.8 Å². The molecule has 1 aromatic rings. The monoisotopic (exact) mass is 486 g/mol. The first kappa shape index (κ1) is 25.0. The minimum atomic E-state index is -0.742. The minimum absolute atomic E-state index is 0.161. The fraction of sp³-hybridized carbons (Fsp3) is 0.654. The highest BCUT2D eigenvalue weighted by atomic mass is 32.2. The molecule has 3 amide bonds. The van der Waals surface area contributed by atoms with E-state index in [0.717, 1.165) is 30.6 Å². The Balaban J connectivity index is 1.58. The van der Waals surface area contributed by atoms with E-state index in [4.69, 9.17) is 11.5 Å². The molecule has 0 unspecified atom stereocenters. The SMILES string of the molecule is CSCC[C@@H](N)C(=O)NCC(=O)N([C@@H](Cc1ccccc1)C(N)=O)C12CC3CC(CC(C3)C1)C2. The summed E-state index contributed by atoms with van der Waals surface area (Å²) in [5.74, 6) is 1.53. The summed E-state index contributed by atoms with van der Waals surface area (Å²) in [7, 11) is 0. The quantitative estimate of drug-likeness (QED) is 0.443. The number of carbonyl (C=O) groups excluding carboxylic acids is 3. The average molecular weight is 487 g/mol. The maximum absolute atomic E-state index is 13.8. The molecule has 5 rings (SSSR count). The number of primary amides is 1. The number of amides is 3. The van der Waals surface area contributed by atoms with Gasteiger partial charge in [-0.2, -0.15) is 11.8 Å². The largest absolute Gasteiger partial charge is 0.368 e. The lowest BCUT2D eigenvalue weighted by atomic mass is 9.52. The first-order chi connectivity index (χ1) is 16.3. The standard InChI is InChI=1S/C26H38N4O3S/c1-34-8-7-21(27)25(33)29-16-23(31)30(22(24(28)32)12-17-5-3-2-4-6-17)26-13-18-9-19(14-26)11-20(10-18)15-26/h2-6,18-22H,7-16,27H2,1H3,(H2,28,32)(H,29,33)/t18?,19?,20?,21-,22+,26?/m1/s1. The van der Waals surface area contributed by atoms with Crippen molar-refractivity contribution in [2.24, 2.45) is 29.2 Å². The average Bonchev–Trinajstić information content (AvgIpc) is 2.80. The molecule has 8 heteroatoms. The van der Waals surface area contributed by atoms with Crippen LogP contribution >= 0.6 is 11.8 Å². The number of benzene rings is 1. The molecule has 34 heavy (non-hydrogen) atoms. The van der Waals surface area contributed by atoms with E-state index in [1.807, 2.05) is 36.6 Å². The van der Waals surface area contributed by atoms with Gasteiger partial charge >= 0.3 is 0 Å². The van der Waals surface area contributed by atoms with Crippen molar-refractivity contribution in [3.05, 3.63) is 35.9 Å². The second-order valence-corrected chi connectivity index (χ2v) is 11.6. The summed E-state index contributed by atoms with van der Waals surface area (Å²) in [4.78, 5) is 40.9. The summed E-state index contributed by atoms with van der Waals surface area (Å²) in [5.41, 5.74) is 12.6. The molecule has 0 spiro atoms. The van der Waals surface area contributed by atoms with Crippen molar-refractivity contribution in [2.45, 2.75) is 69.0 Å². The molecule has 0 aromatic heterocycles. The van der Waals surface area contributed by atoms with Crippen molar-refractivity contribution in [3.8, 4) is 0 Å². The van der Waals surface area contributed by atoms with Gasteiger partial charge in [-0.1, -0.05) is 30.3 Å². The van der Waals surface area contributed by atoms with Gasteiger partial charge in [0.05, 0.1) is 12.6 Å². The van der Waals surface area contributed by atoms with Crippen LogP contribution in [0.1, 0.15) is 50.5 Å². The van der Waals surface area contributed by atoms with Crippen LogP contribution in [0.3, 0.4) is 0 Å². The molecule has 1 aromatic carbocycles. The maximum Gasteiger partial charge on any atom is 0.243 e. The van der Waals surface area contributed by atoms with Crippen molar-refractivity contribution in [1.29, 1.82) is 0 Å². The van der Waals surface area contributed by atoms with Crippen molar-refractivity contribution in [3.63, 3.8) is 0 Å². The van der Waals surface area contributed by atoms with Crippen LogP contribution in [0.2, 0.25) is 0 Å². The molecule has 0 aliphatic heterocycles. The summed E-state index contributed by atoms with van der Waals surface area (Å²) >= 11 is 1.63. The minimum Gasteiger partial charge on any atom is -0.368 e. The predicted octanol–water partition coefficient (Wildman–Crippen LogP) is 2.08. The zero-order valence-electron chi connectivity index (χ0n) is 20.1. The van der Waals surface area contributed by atoms with Crippen molar-refractivity contribution < 1.29 is 14.4 Å². The van der Waals surface area contributed by atoms with Crippen LogP contribution in [0.4, 0.5) is 0 Å². The molecule has 4 bridgehead atoms. The molecular weight excluding hydrogens is 448 g/mol. The number of thioether (sulfide) groups is 1. The van der Waals surface area contributed by atoms with Gasteiger partial charge in [0.2, 0.25) is 17.7 Å². The van der Waals surface area contributed by atoms with E-state index < -0.39 is 18.0 Å². The normalized spacial score (nSPS) is 28.8. The zero-order valence-corrected chi connectivity index (χ0v) is 20.9. The summed E-state index contributed by atoms with van der Waals surface area (Å²) in [6.45, 7) is -0.161. The summed E-state index contributed by atoms with van der Waals surface area (Å²) in [6.07, 6.45) is 9.34. The van der Waals surface area contributed by atoms with Crippen LogP contribution in [-0.2, 0) is 20.8 Å². The fourth-order valence-corrected chi connectivity index (χ4v) is 7.53. The van der Waals surface area contributed by atoms with E-state index in [1.165, 1.54) is 19.3 Å². The molecule has 0 saturated heterocycles. The molecule has 4 saturated carbocycles. The van der Waals surface area contributed by atoms with Crippen LogP contribution in [-0.4, -0.2) is 58.8 Å². The van der Waals surface area contributed by atoms with E-state index in [9.17, 15) is 14.4 Å². The number of hydrogen-bond donors (Lipinski definition) is 3. The Bertz CT molecular complexity index is 858. The Morgan fingerprint density at radius 2 is 1.68 bits per heavy atom. The lowest BCUT2D eigenvalue weighted by molar-refractivity contribution is -0.161. The molecular formula is C26H38N4O3S. The van der Waals surface area contributed by atoms with E-state index in [-0.39, 0.29) is 23.9 Å². The van der Waals surface area contributed by atoms with Gasteiger partial charge in [-0.3, -0.25) is 14.4 Å². The van der Waals surface area contributed by atoms with Gasteiger partial charge in [0.15, 0.2) is 0 Å². The van der Waals surface area contributed by atoms with Crippen LogP contribution in [0.15, 0.2) is 30.3 Å². The number of nitrogens with zero attached hydrogens (tertiary/aromatic N) is 1. The Kier molecular flexibility index (Phi) is 7.87. The van der Waals surface area contributed by atoms with Gasteiger partial charge < -0.3 is 21.7 Å². The highest BCUT2D eigenvalue weighted by molar-refractivity contribution is 7.98. The number of rotatable bonds is 11. The van der Waals surface area contributed by atoms with E-state index in [2.05, 4.69) is 5.32 Å². The zero-order chi connectivity index (χ0) is 24.3. The number of nitrogens with one attached hydrogen (secondary N) is 1. The van der Waals surface area contributed by atoms with Crippen molar-refractivity contribution in [2.75, 3.05) is 18.6 Å². The first-order valence-corrected chi connectivity index (χ1v) is 13.9. The number of nitrogens with two attached hydrogens (primary N) is 2. The lowest BCUT2D eigenvalue weighted by Crippen LogP contribution is -2.67. The summed E-state index contributed by atoms with van der Waals surface area (Å²) in [6, 6.07) is 8.33. The lowest BCUT2D eigenvalue weighted by Gasteiger charge is -2.61. The highest BCUT2D eigenvalue weighted by Crippen LogP contribution is 2.58. The second-order valence-electron chi connectivity index (χ2n) is 10.6. The number of carbonyl (C=O) groups is 3. The molecule has 0 radical (unpaired) electrons. The smallest absolute Gasteiger partial charge is 0.243 e. The maximum atomic E-state index is 13.8. The third-order valence-corrected chi connectivity index (χ3v) is 8.73. The molecule has 7 nitrogen and oxygen atoms in total. The molecule has 0 heterocycles. The topological polar surface area (TPSA) is 119 Å². The van der Waals surface area contributed by atoms with Gasteiger partial charge in [-0.25, -0.2) is 0 Å². The molecule has 186 valence electrons. The third kappa shape index (κ3) is 5.43. The molecule has 2 atom stereocenters. The first-order valence-electron chi connectivity index (χ1n) is 12.5. The van der Waals surface area contributed by atoms with Gasteiger partial charge in [-0.05, 0) is 80.3 Å². The number of hydrogen-bond acceptors (Lipinski definition) is 5. The third-order valence-electron chi connectivity index (χ3n) is 8.08. The molecule has 4 aliphatic carbocycles. The van der Waals surface area contributed by atoms with Gasteiger partial charge in [0.1, 0.15) is 6.04 Å². The molecule has 5 N–H and O–H groups in total. The Hall–Kier alpha value is -2.06. The summed E-state index contributed by atoms with van der Waals surface area (Å²) < 4.78 is 0. The Morgan fingerprint density at radius 1 is 1.09 bits per heavy atom. The van der Waals surface area contributed by atoms with Gasteiger partial charge in [0, 0.05) is 12.0 Å². The van der Waals surface area contributed by atoms with Crippen LogP contribution in [0, 0.1) is 17.8 Å². The fourth-order valence-electron chi connectivity index (χ4n) is 7.04. The van der Waals surface area contributed by atoms with E-state index in [0.29, 0.717) is 30.6 Å². The highest BCUT2D eigenvalue weighted by Gasteiger charge is 2.56. The second kappa shape index (κ2) is 10.7. The Labute approximate surface area is 206 Å². The van der Waals surface area contributed by atoms with Crippen LogP contribution in [0.5, 0.6) is 0 Å².